The molecule has 3 aromatic carbocycles. The van der Waals surface area contributed by atoms with E-state index in [0.717, 1.165) is 47.2 Å². The average Bonchev–Trinajstić information content (AvgIpc) is 3.63. The third-order valence-corrected chi connectivity index (χ3v) is 8.79. The highest BCUT2D eigenvalue weighted by molar-refractivity contribution is 5.94. The molecule has 9 nitrogen and oxygen atoms in total. The fraction of sp³-hybridized carbons (Fsp3) is 0.382. The number of ether oxygens (including phenoxy) is 2. The maximum absolute atomic E-state index is 13.7. The summed E-state index contributed by atoms with van der Waals surface area (Å²) in [4.78, 5) is 40.4. The first-order chi connectivity index (χ1) is 20.7. The number of carbonyl (C=O) groups is 3. The molecule has 2 aliphatic rings. The van der Waals surface area contributed by atoms with Crippen molar-refractivity contribution in [1.82, 2.24) is 4.90 Å². The van der Waals surface area contributed by atoms with Gasteiger partial charge >= 0.3 is 5.97 Å². The van der Waals surface area contributed by atoms with Gasteiger partial charge in [-0.05, 0) is 77.8 Å². The van der Waals surface area contributed by atoms with E-state index in [1.165, 1.54) is 5.56 Å². The van der Waals surface area contributed by atoms with Crippen molar-refractivity contribution in [3.05, 3.63) is 87.5 Å². The monoisotopic (exact) mass is 585 g/mol. The molecule has 1 fully saturated rings. The molecule has 3 aromatic rings. The van der Waals surface area contributed by atoms with E-state index in [4.69, 9.17) is 15.2 Å². The normalized spacial score (nSPS) is 19.4. The van der Waals surface area contributed by atoms with Gasteiger partial charge in [-0.25, -0.2) is 0 Å². The molecule has 2 amide bonds. The van der Waals surface area contributed by atoms with Crippen molar-refractivity contribution in [2.24, 2.45) is 11.7 Å². The number of nitrogens with one attached hydrogen (secondary N) is 1. The second-order valence-electron chi connectivity index (χ2n) is 11.2. The summed E-state index contributed by atoms with van der Waals surface area (Å²) in [5.74, 6) is -1.78. The number of rotatable bonds is 10. The van der Waals surface area contributed by atoms with Gasteiger partial charge in [0.2, 0.25) is 18.6 Å². The van der Waals surface area contributed by atoms with Gasteiger partial charge < -0.3 is 25.6 Å². The SMILES string of the molecule is CCc1cc(CC)c(NC(=O)CN2C[C@H](c3ccc4c(c3C)OCO4)[C@@H](C(=O)O)[C@@H]2c2ccc(C(N)=O)cc2)c(CC)c1. The molecule has 9 heteroatoms. The molecule has 3 atom stereocenters. The predicted octanol–water partition coefficient (Wildman–Crippen LogP) is 4.99. The number of carboxylic acid groups (broad SMARTS) is 1. The van der Waals surface area contributed by atoms with Crippen LogP contribution in [0.15, 0.2) is 48.5 Å². The van der Waals surface area contributed by atoms with Crippen LogP contribution >= 0.6 is 0 Å². The number of hydrogen-bond donors (Lipinski definition) is 3. The molecule has 0 saturated carbocycles. The Bertz CT molecular complexity index is 1530. The summed E-state index contributed by atoms with van der Waals surface area (Å²) in [7, 11) is 0. The van der Waals surface area contributed by atoms with Crippen LogP contribution in [0.1, 0.15) is 76.5 Å². The zero-order valence-corrected chi connectivity index (χ0v) is 25.1. The zero-order valence-electron chi connectivity index (χ0n) is 25.1. The Kier molecular flexibility index (Phi) is 8.73. The molecule has 43 heavy (non-hydrogen) atoms. The van der Waals surface area contributed by atoms with E-state index < -0.39 is 29.8 Å². The summed E-state index contributed by atoms with van der Waals surface area (Å²) in [5, 5.41) is 13.8. The van der Waals surface area contributed by atoms with Gasteiger partial charge in [-0.2, -0.15) is 0 Å². The molecule has 0 radical (unpaired) electrons. The van der Waals surface area contributed by atoms with Crippen LogP contribution in [0.25, 0.3) is 0 Å². The molecule has 0 aromatic heterocycles. The van der Waals surface area contributed by atoms with Crippen molar-refractivity contribution in [3.8, 4) is 11.5 Å². The molecular formula is C34H39N3O6. The fourth-order valence-corrected chi connectivity index (χ4v) is 6.61. The summed E-state index contributed by atoms with van der Waals surface area (Å²) in [6.45, 7) is 8.63. The first-order valence-electron chi connectivity index (χ1n) is 14.9. The Balaban J connectivity index is 1.52. The Hall–Kier alpha value is -4.37. The smallest absolute Gasteiger partial charge is 0.309 e. The molecule has 1 saturated heterocycles. The number of aliphatic carboxylic acids is 1. The van der Waals surface area contributed by atoms with Gasteiger partial charge in [0.1, 0.15) is 0 Å². The van der Waals surface area contributed by atoms with Crippen LogP contribution in [0, 0.1) is 12.8 Å². The Morgan fingerprint density at radius 2 is 1.65 bits per heavy atom. The Morgan fingerprint density at radius 1 is 0.977 bits per heavy atom. The number of benzene rings is 3. The molecular weight excluding hydrogens is 546 g/mol. The Morgan fingerprint density at radius 3 is 2.23 bits per heavy atom. The van der Waals surface area contributed by atoms with E-state index in [1.54, 1.807) is 24.3 Å². The third kappa shape index (κ3) is 5.82. The predicted molar refractivity (Wildman–Crippen MR) is 164 cm³/mol. The number of aryl methyl sites for hydroxylation is 3. The quantitative estimate of drug-likeness (QED) is 0.306. The number of hydrogen-bond acceptors (Lipinski definition) is 6. The van der Waals surface area contributed by atoms with Crippen LogP contribution in [0.4, 0.5) is 5.69 Å². The minimum atomic E-state index is -0.967. The Labute approximate surface area is 252 Å². The molecule has 0 aliphatic carbocycles. The standard InChI is InChI=1S/C34H39N3O6/c1-5-20-14-21(6-2)30(22(7-3)15-20)36-28(38)17-37-16-26(25-12-13-27-32(19(25)4)43-18-42-27)29(34(40)41)31(37)23-8-10-24(11-9-23)33(35)39/h8-15,26,29,31H,5-7,16-18H2,1-4H3,(H2,35,39)(H,36,38)(H,40,41)/t26-,29-,31+/m1/s1. The summed E-state index contributed by atoms with van der Waals surface area (Å²) >= 11 is 0. The maximum Gasteiger partial charge on any atom is 0.309 e. The van der Waals surface area contributed by atoms with E-state index in [-0.39, 0.29) is 19.2 Å². The molecule has 5 rings (SSSR count). The van der Waals surface area contributed by atoms with E-state index in [2.05, 4.69) is 38.2 Å². The first-order valence-corrected chi connectivity index (χ1v) is 14.9. The highest BCUT2D eigenvalue weighted by Crippen LogP contribution is 2.49. The highest BCUT2D eigenvalue weighted by Gasteiger charge is 2.48. The number of amides is 2. The molecule has 2 aliphatic heterocycles. The second-order valence-corrected chi connectivity index (χ2v) is 11.2. The molecule has 0 bridgehead atoms. The van der Waals surface area contributed by atoms with Crippen molar-refractivity contribution in [1.29, 1.82) is 0 Å². The lowest BCUT2D eigenvalue weighted by Crippen LogP contribution is -2.35. The number of anilines is 1. The van der Waals surface area contributed by atoms with Crippen LogP contribution in [0.5, 0.6) is 11.5 Å². The van der Waals surface area contributed by atoms with Gasteiger partial charge in [-0.1, -0.05) is 51.1 Å². The lowest BCUT2D eigenvalue weighted by atomic mass is 9.81. The van der Waals surface area contributed by atoms with E-state index in [0.29, 0.717) is 29.2 Å². The van der Waals surface area contributed by atoms with Gasteiger partial charge in [0.25, 0.3) is 0 Å². The van der Waals surface area contributed by atoms with E-state index in [9.17, 15) is 19.5 Å². The molecule has 2 heterocycles. The highest BCUT2D eigenvalue weighted by atomic mass is 16.7. The number of primary amides is 1. The maximum atomic E-state index is 13.7. The van der Waals surface area contributed by atoms with Crippen LogP contribution in [0.3, 0.4) is 0 Å². The minimum absolute atomic E-state index is 0.00600. The fourth-order valence-electron chi connectivity index (χ4n) is 6.61. The van der Waals surface area contributed by atoms with Crippen molar-refractivity contribution in [3.63, 3.8) is 0 Å². The van der Waals surface area contributed by atoms with Crippen LogP contribution < -0.4 is 20.5 Å². The summed E-state index contributed by atoms with van der Waals surface area (Å²) < 4.78 is 11.2. The summed E-state index contributed by atoms with van der Waals surface area (Å²) in [5.41, 5.74) is 12.4. The number of fused-ring (bicyclic) bond motifs is 1. The number of carboxylic acids is 1. The summed E-state index contributed by atoms with van der Waals surface area (Å²) in [6.07, 6.45) is 2.47. The third-order valence-electron chi connectivity index (χ3n) is 8.79. The van der Waals surface area contributed by atoms with Crippen molar-refractivity contribution in [2.75, 3.05) is 25.2 Å². The topological polar surface area (TPSA) is 131 Å². The largest absolute Gasteiger partial charge is 0.481 e. The number of nitrogens with zero attached hydrogens (tertiary/aromatic N) is 1. The van der Waals surface area contributed by atoms with Gasteiger partial charge in [0.05, 0.1) is 12.5 Å². The molecule has 226 valence electrons. The molecule has 0 unspecified atom stereocenters. The lowest BCUT2D eigenvalue weighted by molar-refractivity contribution is -0.143. The number of nitrogens with two attached hydrogens (primary N) is 1. The van der Waals surface area contributed by atoms with Gasteiger partial charge in [0.15, 0.2) is 11.5 Å². The number of carbonyl (C=O) groups excluding carboxylic acids is 2. The molecule has 0 spiro atoms. The second kappa shape index (κ2) is 12.5. The van der Waals surface area contributed by atoms with Crippen molar-refractivity contribution in [2.45, 2.75) is 58.9 Å². The van der Waals surface area contributed by atoms with Crippen molar-refractivity contribution >= 4 is 23.5 Å². The van der Waals surface area contributed by atoms with E-state index in [1.807, 2.05) is 24.0 Å². The van der Waals surface area contributed by atoms with Gasteiger partial charge in [0, 0.05) is 29.8 Å². The number of likely N-dealkylation sites (tertiary alicyclic amines) is 1. The van der Waals surface area contributed by atoms with Gasteiger partial charge in [-0.15, -0.1) is 0 Å². The van der Waals surface area contributed by atoms with Crippen LogP contribution in [-0.4, -0.2) is 47.7 Å². The van der Waals surface area contributed by atoms with E-state index >= 15 is 0 Å². The van der Waals surface area contributed by atoms with Gasteiger partial charge in [-0.3, -0.25) is 19.3 Å². The molecule has 4 N–H and O–H groups in total. The lowest BCUT2D eigenvalue weighted by Gasteiger charge is -2.27. The average molecular weight is 586 g/mol. The first kappa shape index (κ1) is 30.1. The minimum Gasteiger partial charge on any atom is -0.481 e. The van der Waals surface area contributed by atoms with Crippen molar-refractivity contribution < 1.29 is 29.0 Å². The van der Waals surface area contributed by atoms with Crippen LogP contribution in [-0.2, 0) is 28.9 Å². The zero-order chi connectivity index (χ0) is 30.8. The summed E-state index contributed by atoms with van der Waals surface area (Å²) in [6, 6.07) is 14.0. The van der Waals surface area contributed by atoms with Crippen LogP contribution in [0.2, 0.25) is 0 Å².